The van der Waals surface area contributed by atoms with Gasteiger partial charge in [-0.3, -0.25) is 4.57 Å². The van der Waals surface area contributed by atoms with E-state index in [1.165, 1.54) is 19.2 Å². The van der Waals surface area contributed by atoms with Gasteiger partial charge in [0.2, 0.25) is 0 Å². The summed E-state index contributed by atoms with van der Waals surface area (Å²) < 4.78 is 20.5. The molecule has 4 atom stereocenters. The molecule has 2 rings (SSSR count). The Morgan fingerprint density at radius 2 is 2.45 bits per heavy atom. The van der Waals surface area contributed by atoms with Crippen molar-refractivity contribution in [1.29, 1.82) is 0 Å². The van der Waals surface area contributed by atoms with Gasteiger partial charge in [-0.1, -0.05) is 5.92 Å². The Morgan fingerprint density at radius 1 is 1.75 bits per heavy atom. The molecule has 1 unspecified atom stereocenters. The number of aliphatic hydroxyl groups is 3. The maximum atomic E-state index is 11.9. The highest BCUT2D eigenvalue weighted by Gasteiger charge is 2.55. The molecule has 1 aromatic rings. The van der Waals surface area contributed by atoms with Crippen LogP contribution in [0, 0.1) is 11.8 Å². The van der Waals surface area contributed by atoms with E-state index in [9.17, 15) is 20.1 Å². The Bertz CT molecular complexity index is 692. The number of hydrogen-bond acceptors (Lipinski definition) is 7. The topological polar surface area (TPSA) is 131 Å². The van der Waals surface area contributed by atoms with Gasteiger partial charge < -0.3 is 25.8 Å². The second-order valence-corrected chi connectivity index (χ2v) is 4.23. The monoisotopic (exact) mass is 283 g/mol. The lowest BCUT2D eigenvalue weighted by Crippen LogP contribution is -2.47. The highest BCUT2D eigenvalue weighted by Crippen LogP contribution is 2.37. The zero-order chi connectivity index (χ0) is 16.7. The predicted molar refractivity (Wildman–Crippen MR) is 68.3 cm³/mol. The zero-order valence-corrected chi connectivity index (χ0v) is 10.5. The molecule has 20 heavy (non-hydrogen) atoms. The smallest absolute Gasteiger partial charge is 0.351 e. The van der Waals surface area contributed by atoms with Crippen LogP contribution >= 0.6 is 0 Å². The molecule has 1 aromatic heterocycles. The van der Waals surface area contributed by atoms with E-state index in [-0.39, 0.29) is 5.82 Å². The van der Waals surface area contributed by atoms with Gasteiger partial charge in [0, 0.05) is 6.20 Å². The first-order chi connectivity index (χ1) is 10.1. The number of nitrogen functional groups attached to an aromatic ring is 1. The Morgan fingerprint density at radius 3 is 3.00 bits per heavy atom. The van der Waals surface area contributed by atoms with Gasteiger partial charge in [0.15, 0.2) is 11.8 Å². The van der Waals surface area contributed by atoms with Crippen LogP contribution in [0.2, 0.25) is 0 Å². The van der Waals surface area contributed by atoms with Crippen molar-refractivity contribution in [3.63, 3.8) is 0 Å². The number of nitrogens with two attached hydrogens (primary N) is 1. The quantitative estimate of drug-likeness (QED) is 0.454. The molecular weight excluding hydrogens is 266 g/mol. The average molecular weight is 283 g/mol. The summed E-state index contributed by atoms with van der Waals surface area (Å²) in [6.07, 6.45) is -4.11. The van der Waals surface area contributed by atoms with E-state index in [2.05, 4.69) is 16.8 Å². The van der Waals surface area contributed by atoms with Crippen molar-refractivity contribution < 1.29 is 22.8 Å². The Labute approximate surface area is 117 Å². The van der Waals surface area contributed by atoms with Crippen molar-refractivity contribution in [3.8, 4) is 11.8 Å². The van der Waals surface area contributed by atoms with Gasteiger partial charge in [-0.15, -0.1) is 5.92 Å². The first-order valence-electron chi connectivity index (χ1n) is 6.68. The molecule has 1 fully saturated rings. The van der Waals surface area contributed by atoms with Crippen molar-refractivity contribution in [2.75, 3.05) is 12.3 Å². The number of aromatic nitrogens is 2. The summed E-state index contributed by atoms with van der Waals surface area (Å²) in [5.74, 6) is 4.62. The van der Waals surface area contributed by atoms with Gasteiger partial charge in [0.25, 0.3) is 0 Å². The maximum absolute atomic E-state index is 11.9. The van der Waals surface area contributed by atoms with Crippen LogP contribution in [0.3, 0.4) is 0 Å². The van der Waals surface area contributed by atoms with Crippen molar-refractivity contribution in [3.05, 3.63) is 22.7 Å². The highest BCUT2D eigenvalue weighted by molar-refractivity contribution is 5.26. The third-order valence-electron chi connectivity index (χ3n) is 2.95. The van der Waals surface area contributed by atoms with Gasteiger partial charge in [-0.2, -0.15) is 4.98 Å². The molecule has 8 heteroatoms. The van der Waals surface area contributed by atoms with Crippen LogP contribution in [0.15, 0.2) is 17.1 Å². The second kappa shape index (κ2) is 5.22. The SMILES string of the molecule is [2H]C([2H])(O)[C@H]1O[C@@H](n2ccc(N)nc2=O)C(O)(C#CC)[C@H]1O. The molecule has 0 saturated carbocycles. The minimum absolute atomic E-state index is 0.0565. The first kappa shape index (κ1) is 11.9. The molecule has 2 heterocycles. The lowest BCUT2D eigenvalue weighted by molar-refractivity contribution is -0.0764. The van der Waals surface area contributed by atoms with E-state index < -0.39 is 36.3 Å². The van der Waals surface area contributed by atoms with E-state index in [1.54, 1.807) is 0 Å². The van der Waals surface area contributed by atoms with Gasteiger partial charge in [-0.25, -0.2) is 4.79 Å². The van der Waals surface area contributed by atoms with Crippen LogP contribution < -0.4 is 11.4 Å². The normalized spacial score (nSPS) is 34.9. The van der Waals surface area contributed by atoms with Crippen LogP contribution in [0.4, 0.5) is 5.82 Å². The molecule has 1 saturated heterocycles. The number of aliphatic hydroxyl groups excluding tert-OH is 1. The fourth-order valence-electron chi connectivity index (χ4n) is 2.01. The standard InChI is InChI=1S/C12H15N3O5/c1-2-4-12(19)9(17)7(6-16)20-10(12)15-5-3-8(13)14-11(15)18/h3,5,7,9-10,16-17,19H,6H2,1H3,(H2,13,14,18)/t7-,9+,10-,12?/m1/s1/i6D2. The fraction of sp³-hybridized carbons (Fsp3) is 0.500. The third kappa shape index (κ3) is 2.17. The number of anilines is 1. The molecule has 0 bridgehead atoms. The van der Waals surface area contributed by atoms with Gasteiger partial charge in [0.05, 0.1) is 9.30 Å². The largest absolute Gasteiger partial charge is 0.394 e. The van der Waals surface area contributed by atoms with E-state index >= 15 is 0 Å². The molecule has 1 aliphatic heterocycles. The molecule has 8 nitrogen and oxygen atoms in total. The molecule has 0 aromatic carbocycles. The molecule has 0 aliphatic carbocycles. The number of rotatable bonds is 2. The van der Waals surface area contributed by atoms with Crippen molar-refractivity contribution >= 4 is 5.82 Å². The van der Waals surface area contributed by atoms with Crippen LogP contribution in [0.1, 0.15) is 15.9 Å². The third-order valence-corrected chi connectivity index (χ3v) is 2.95. The number of ether oxygens (including phenoxy) is 1. The lowest BCUT2D eigenvalue weighted by atomic mass is 9.94. The second-order valence-electron chi connectivity index (χ2n) is 4.23. The molecule has 0 spiro atoms. The molecule has 5 N–H and O–H groups in total. The van der Waals surface area contributed by atoms with E-state index in [0.717, 1.165) is 4.57 Å². The average Bonchev–Trinajstić information content (AvgIpc) is 2.63. The summed E-state index contributed by atoms with van der Waals surface area (Å²) in [4.78, 5) is 15.3. The van der Waals surface area contributed by atoms with Crippen LogP contribution in [0.25, 0.3) is 0 Å². The maximum Gasteiger partial charge on any atom is 0.351 e. The summed E-state index contributed by atoms with van der Waals surface area (Å²) in [6.45, 7) is -1.57. The summed E-state index contributed by atoms with van der Waals surface area (Å²) in [6, 6.07) is 1.26. The van der Waals surface area contributed by atoms with Crippen LogP contribution in [-0.4, -0.2) is 49.2 Å². The minimum atomic E-state index is -2.96. The summed E-state index contributed by atoms with van der Waals surface area (Å²) in [5, 5.41) is 30.1. The Hall–Kier alpha value is -1.92. The molecule has 0 radical (unpaired) electrons. The molecule has 108 valence electrons. The van der Waals surface area contributed by atoms with Crippen LogP contribution in [-0.2, 0) is 4.74 Å². The summed E-state index contributed by atoms with van der Waals surface area (Å²) >= 11 is 0. The molecular formula is C12H15N3O5. The van der Waals surface area contributed by atoms with E-state index in [1.807, 2.05) is 0 Å². The fourth-order valence-corrected chi connectivity index (χ4v) is 2.01. The minimum Gasteiger partial charge on any atom is -0.394 e. The number of nitrogens with zero attached hydrogens (tertiary/aromatic N) is 2. The van der Waals surface area contributed by atoms with Gasteiger partial charge >= 0.3 is 5.69 Å². The van der Waals surface area contributed by atoms with Gasteiger partial charge in [-0.05, 0) is 13.0 Å². The van der Waals surface area contributed by atoms with Crippen molar-refractivity contribution in [2.24, 2.45) is 0 Å². The molecule has 0 amide bonds. The lowest BCUT2D eigenvalue weighted by Gasteiger charge is -2.26. The first-order valence-corrected chi connectivity index (χ1v) is 5.68. The van der Waals surface area contributed by atoms with E-state index in [4.69, 9.17) is 13.2 Å². The van der Waals surface area contributed by atoms with Crippen molar-refractivity contribution in [2.45, 2.75) is 31.0 Å². The summed E-state index contributed by atoms with van der Waals surface area (Å²) in [5.41, 5.74) is 2.18. The van der Waals surface area contributed by atoms with Gasteiger partial charge in [0.1, 0.15) is 18.0 Å². The highest BCUT2D eigenvalue weighted by atomic mass is 16.6. The summed E-state index contributed by atoms with van der Waals surface area (Å²) in [7, 11) is 0. The Balaban J connectivity index is 2.57. The van der Waals surface area contributed by atoms with E-state index in [0.29, 0.717) is 0 Å². The van der Waals surface area contributed by atoms with Crippen molar-refractivity contribution in [1.82, 2.24) is 9.55 Å². The predicted octanol–water partition coefficient (Wildman–Crippen LogP) is -2.17. The molecule has 1 aliphatic rings. The zero-order valence-electron chi connectivity index (χ0n) is 12.5. The Kier molecular flexibility index (Phi) is 3.10. The van der Waals surface area contributed by atoms with Crippen LogP contribution in [0.5, 0.6) is 0 Å². The number of hydrogen-bond donors (Lipinski definition) is 4.